The Kier molecular flexibility index (Phi) is 5.09. The van der Waals surface area contributed by atoms with Gasteiger partial charge in [-0.05, 0) is 35.7 Å². The van der Waals surface area contributed by atoms with E-state index in [9.17, 15) is 5.11 Å². The van der Waals surface area contributed by atoms with Crippen molar-refractivity contribution in [1.82, 2.24) is 4.98 Å². The summed E-state index contributed by atoms with van der Waals surface area (Å²) >= 11 is 0. The van der Waals surface area contributed by atoms with Crippen LogP contribution in [0.3, 0.4) is 0 Å². The highest BCUT2D eigenvalue weighted by Gasteiger charge is 2.05. The molecule has 106 valence electrons. The van der Waals surface area contributed by atoms with Gasteiger partial charge in [-0.2, -0.15) is 0 Å². The highest BCUT2D eigenvalue weighted by atomic mass is 16.5. The molecule has 0 bridgehead atoms. The van der Waals surface area contributed by atoms with Crippen LogP contribution in [0, 0.1) is 0 Å². The van der Waals surface area contributed by atoms with Gasteiger partial charge < -0.3 is 14.9 Å². The third-order valence-electron chi connectivity index (χ3n) is 2.91. The third kappa shape index (κ3) is 3.79. The summed E-state index contributed by atoms with van der Waals surface area (Å²) in [5.41, 5.74) is 2.48. The minimum Gasteiger partial charge on any atom is -0.439 e. The largest absolute Gasteiger partial charge is 0.439 e. The molecular formula is C16H19NO3. The van der Waals surface area contributed by atoms with Crippen molar-refractivity contribution in [2.24, 2.45) is 0 Å². The van der Waals surface area contributed by atoms with Gasteiger partial charge in [0.1, 0.15) is 5.75 Å². The monoisotopic (exact) mass is 273 g/mol. The molecule has 0 saturated carbocycles. The molecule has 1 heterocycles. The number of pyridine rings is 1. The lowest BCUT2D eigenvalue weighted by Gasteiger charge is -2.09. The Labute approximate surface area is 118 Å². The molecule has 0 atom stereocenters. The predicted octanol–water partition coefficient (Wildman–Crippen LogP) is 2.81. The fourth-order valence-electron chi connectivity index (χ4n) is 1.98. The second kappa shape index (κ2) is 7.03. The van der Waals surface area contributed by atoms with E-state index in [1.165, 1.54) is 0 Å². The molecule has 0 amide bonds. The van der Waals surface area contributed by atoms with E-state index < -0.39 is 0 Å². The maximum atomic E-state index is 9.29. The maximum absolute atomic E-state index is 9.29. The van der Waals surface area contributed by atoms with Gasteiger partial charge >= 0.3 is 0 Å². The van der Waals surface area contributed by atoms with Gasteiger partial charge in [0.2, 0.25) is 5.88 Å². The lowest BCUT2D eigenvalue weighted by Crippen LogP contribution is -1.97. The van der Waals surface area contributed by atoms with E-state index in [0.29, 0.717) is 11.6 Å². The summed E-state index contributed by atoms with van der Waals surface area (Å²) in [7, 11) is 0. The minimum atomic E-state index is -0.0354. The van der Waals surface area contributed by atoms with Crippen LogP contribution in [0.4, 0.5) is 0 Å². The lowest BCUT2D eigenvalue weighted by atomic mass is 10.2. The number of nitrogens with zero attached hydrogens (tertiary/aromatic N) is 1. The van der Waals surface area contributed by atoms with Gasteiger partial charge in [0.05, 0.1) is 13.2 Å². The molecule has 1 aromatic heterocycles. The summed E-state index contributed by atoms with van der Waals surface area (Å²) in [4.78, 5) is 4.43. The number of hydrogen-bond acceptors (Lipinski definition) is 4. The molecule has 0 aliphatic rings. The zero-order valence-electron chi connectivity index (χ0n) is 11.5. The second-order valence-corrected chi connectivity index (χ2v) is 4.62. The molecule has 0 spiro atoms. The lowest BCUT2D eigenvalue weighted by molar-refractivity contribution is 0.280. The van der Waals surface area contributed by atoms with E-state index in [4.69, 9.17) is 9.84 Å². The first kappa shape index (κ1) is 14.5. The standard InChI is InChI=1S/C16H19NO3/c1-2-4-14-7-13(11-19)9-16(17-14)20-15-6-3-5-12(8-15)10-18/h3,5-9,18-19H,2,4,10-11H2,1H3. The van der Waals surface area contributed by atoms with Crippen LogP contribution in [0.25, 0.3) is 0 Å². The Morgan fingerprint density at radius 3 is 2.55 bits per heavy atom. The van der Waals surface area contributed by atoms with Crippen LogP contribution >= 0.6 is 0 Å². The van der Waals surface area contributed by atoms with Gasteiger partial charge in [0, 0.05) is 11.8 Å². The van der Waals surface area contributed by atoms with Crippen molar-refractivity contribution in [1.29, 1.82) is 0 Å². The number of hydrogen-bond donors (Lipinski definition) is 2. The molecule has 4 nitrogen and oxygen atoms in total. The Morgan fingerprint density at radius 2 is 1.85 bits per heavy atom. The first-order valence-electron chi connectivity index (χ1n) is 6.73. The van der Waals surface area contributed by atoms with E-state index in [-0.39, 0.29) is 13.2 Å². The van der Waals surface area contributed by atoms with Crippen molar-refractivity contribution < 1.29 is 14.9 Å². The zero-order chi connectivity index (χ0) is 14.4. The summed E-state index contributed by atoms with van der Waals surface area (Å²) in [6.07, 6.45) is 1.84. The maximum Gasteiger partial charge on any atom is 0.219 e. The van der Waals surface area contributed by atoms with E-state index in [0.717, 1.165) is 29.7 Å². The van der Waals surface area contributed by atoms with Gasteiger partial charge in [0.25, 0.3) is 0 Å². The molecule has 20 heavy (non-hydrogen) atoms. The summed E-state index contributed by atoms with van der Waals surface area (Å²) in [6.45, 7) is 2.02. The van der Waals surface area contributed by atoms with Gasteiger partial charge in [-0.25, -0.2) is 4.98 Å². The van der Waals surface area contributed by atoms with Crippen molar-refractivity contribution in [3.63, 3.8) is 0 Å². The molecule has 0 fully saturated rings. The van der Waals surface area contributed by atoms with Crippen LogP contribution in [-0.4, -0.2) is 15.2 Å². The number of aryl methyl sites for hydroxylation is 1. The number of benzene rings is 1. The fourth-order valence-corrected chi connectivity index (χ4v) is 1.98. The predicted molar refractivity (Wildman–Crippen MR) is 76.6 cm³/mol. The van der Waals surface area contributed by atoms with Crippen molar-refractivity contribution >= 4 is 0 Å². The third-order valence-corrected chi connectivity index (χ3v) is 2.91. The van der Waals surface area contributed by atoms with Gasteiger partial charge in [0.15, 0.2) is 0 Å². The van der Waals surface area contributed by atoms with Crippen LogP contribution in [0.2, 0.25) is 0 Å². The van der Waals surface area contributed by atoms with Crippen LogP contribution < -0.4 is 4.74 Å². The first-order valence-corrected chi connectivity index (χ1v) is 6.73. The van der Waals surface area contributed by atoms with Crippen molar-refractivity contribution in [2.45, 2.75) is 33.0 Å². The topological polar surface area (TPSA) is 62.6 Å². The number of aliphatic hydroxyl groups is 2. The van der Waals surface area contributed by atoms with Crippen LogP contribution in [-0.2, 0) is 19.6 Å². The summed E-state index contributed by atoms with van der Waals surface area (Å²) < 4.78 is 5.72. The molecule has 2 N–H and O–H groups in total. The highest BCUT2D eigenvalue weighted by Crippen LogP contribution is 2.22. The molecular weight excluding hydrogens is 254 g/mol. The smallest absolute Gasteiger partial charge is 0.219 e. The molecule has 2 aromatic rings. The fraction of sp³-hybridized carbons (Fsp3) is 0.312. The Balaban J connectivity index is 2.24. The number of aromatic nitrogens is 1. The molecule has 0 aliphatic carbocycles. The van der Waals surface area contributed by atoms with Crippen molar-refractivity contribution in [2.75, 3.05) is 0 Å². The summed E-state index contributed by atoms with van der Waals surface area (Å²) in [6, 6.07) is 10.8. The van der Waals surface area contributed by atoms with Crippen LogP contribution in [0.15, 0.2) is 36.4 Å². The molecule has 2 rings (SSSR count). The van der Waals surface area contributed by atoms with E-state index in [2.05, 4.69) is 11.9 Å². The first-order chi connectivity index (χ1) is 9.75. The average molecular weight is 273 g/mol. The van der Waals surface area contributed by atoms with Gasteiger partial charge in [-0.1, -0.05) is 25.5 Å². The average Bonchev–Trinajstić information content (AvgIpc) is 2.47. The van der Waals surface area contributed by atoms with Crippen molar-refractivity contribution in [3.05, 3.63) is 53.2 Å². The summed E-state index contributed by atoms with van der Waals surface area (Å²) in [5.74, 6) is 1.09. The second-order valence-electron chi connectivity index (χ2n) is 4.62. The molecule has 0 saturated heterocycles. The Hall–Kier alpha value is -1.91. The minimum absolute atomic E-state index is 0.0254. The normalized spacial score (nSPS) is 10.6. The molecule has 0 unspecified atom stereocenters. The Morgan fingerprint density at radius 1 is 1.05 bits per heavy atom. The molecule has 1 aromatic carbocycles. The zero-order valence-corrected chi connectivity index (χ0v) is 11.5. The molecule has 0 radical (unpaired) electrons. The number of aliphatic hydroxyl groups excluding tert-OH is 2. The Bertz CT molecular complexity index is 569. The number of ether oxygens (including phenoxy) is 1. The number of rotatable bonds is 6. The quantitative estimate of drug-likeness (QED) is 0.849. The van der Waals surface area contributed by atoms with Crippen LogP contribution in [0.1, 0.15) is 30.2 Å². The highest BCUT2D eigenvalue weighted by molar-refractivity contribution is 5.33. The molecule has 4 heteroatoms. The van der Waals surface area contributed by atoms with E-state index >= 15 is 0 Å². The SMILES string of the molecule is CCCc1cc(CO)cc(Oc2cccc(CO)c2)n1. The summed E-state index contributed by atoms with van der Waals surface area (Å²) in [5, 5.41) is 18.4. The van der Waals surface area contributed by atoms with E-state index in [1.807, 2.05) is 24.3 Å². The van der Waals surface area contributed by atoms with Gasteiger partial charge in [-0.15, -0.1) is 0 Å². The van der Waals surface area contributed by atoms with Crippen LogP contribution in [0.5, 0.6) is 11.6 Å². The van der Waals surface area contributed by atoms with Crippen molar-refractivity contribution in [3.8, 4) is 11.6 Å². The molecule has 0 aliphatic heterocycles. The van der Waals surface area contributed by atoms with E-state index in [1.54, 1.807) is 12.1 Å². The van der Waals surface area contributed by atoms with Gasteiger partial charge in [-0.3, -0.25) is 0 Å².